The third-order valence-electron chi connectivity index (χ3n) is 4.93. The average molecular weight is 354 g/mol. The lowest BCUT2D eigenvalue weighted by molar-refractivity contribution is 0.0244. The van der Waals surface area contributed by atoms with Gasteiger partial charge >= 0.3 is 6.03 Å². The van der Waals surface area contributed by atoms with Crippen molar-refractivity contribution < 1.29 is 17.9 Å². The predicted molar refractivity (Wildman–Crippen MR) is 91.7 cm³/mol. The maximum absolute atomic E-state index is 11.7. The van der Waals surface area contributed by atoms with Gasteiger partial charge in [-0.05, 0) is 39.0 Å². The van der Waals surface area contributed by atoms with Crippen molar-refractivity contribution in [2.45, 2.75) is 31.9 Å². The Morgan fingerprint density at radius 1 is 1.33 bits per heavy atom. The number of nitrogens with zero attached hydrogens (tertiary/aromatic N) is 2. The number of primary amides is 1. The van der Waals surface area contributed by atoms with Gasteiger partial charge in [-0.25, -0.2) is 13.2 Å². The Balaban J connectivity index is 2.08. The first-order valence-corrected chi connectivity index (χ1v) is 9.45. The molecular formula is C15H22N4O4S. The highest BCUT2D eigenvalue weighted by molar-refractivity contribution is 7.92. The van der Waals surface area contributed by atoms with Crippen molar-refractivity contribution in [3.63, 3.8) is 0 Å². The lowest BCUT2D eigenvalue weighted by Crippen LogP contribution is -2.64. The molecular weight excluding hydrogens is 332 g/mol. The number of sulfonamides is 1. The highest BCUT2D eigenvalue weighted by Gasteiger charge is 2.57. The first-order valence-electron chi connectivity index (χ1n) is 7.56. The van der Waals surface area contributed by atoms with E-state index in [9.17, 15) is 13.2 Å². The standard InChI is InChI=1S/C15H22N4O4S/c1-14(2)15(3)8-18(13(16)20)9-19(15)11-7-10(17-24(4,21)22)5-6-12(11)23-14/h5-7,17H,8-9H2,1-4H3,(H2,16,20). The number of ether oxygens (including phenoxy) is 1. The van der Waals surface area contributed by atoms with E-state index in [0.29, 0.717) is 24.7 Å². The molecule has 0 spiro atoms. The number of carbonyl (C=O) groups excluding carboxylic acids is 1. The zero-order valence-electron chi connectivity index (χ0n) is 14.2. The molecule has 0 bridgehead atoms. The van der Waals surface area contributed by atoms with E-state index in [1.807, 2.05) is 25.7 Å². The van der Waals surface area contributed by atoms with E-state index in [2.05, 4.69) is 4.72 Å². The van der Waals surface area contributed by atoms with Crippen LogP contribution in [0.25, 0.3) is 0 Å². The predicted octanol–water partition coefficient (Wildman–Crippen LogP) is 1.15. The number of anilines is 2. The maximum Gasteiger partial charge on any atom is 0.316 e. The third kappa shape index (κ3) is 2.52. The van der Waals surface area contributed by atoms with Crippen molar-refractivity contribution >= 4 is 27.4 Å². The molecule has 1 saturated heterocycles. The fourth-order valence-electron chi connectivity index (χ4n) is 3.32. The van der Waals surface area contributed by atoms with Crippen LogP contribution >= 0.6 is 0 Å². The number of hydrogen-bond donors (Lipinski definition) is 2. The first kappa shape index (κ1) is 16.7. The topological polar surface area (TPSA) is 105 Å². The zero-order chi connectivity index (χ0) is 17.9. The summed E-state index contributed by atoms with van der Waals surface area (Å²) >= 11 is 0. The summed E-state index contributed by atoms with van der Waals surface area (Å²) in [4.78, 5) is 15.3. The number of carbonyl (C=O) groups is 1. The minimum absolute atomic E-state index is 0.327. The molecule has 24 heavy (non-hydrogen) atoms. The van der Waals surface area contributed by atoms with Crippen LogP contribution in [-0.2, 0) is 10.0 Å². The van der Waals surface area contributed by atoms with Crippen molar-refractivity contribution in [2.75, 3.05) is 29.1 Å². The number of nitrogens with two attached hydrogens (primary N) is 1. The van der Waals surface area contributed by atoms with E-state index in [0.717, 1.165) is 11.9 Å². The number of amides is 2. The summed E-state index contributed by atoms with van der Waals surface area (Å²) in [6.07, 6.45) is 1.10. The Morgan fingerprint density at radius 3 is 2.58 bits per heavy atom. The molecule has 1 fully saturated rings. The molecule has 0 saturated carbocycles. The van der Waals surface area contributed by atoms with Crippen molar-refractivity contribution in [3.05, 3.63) is 18.2 Å². The lowest BCUT2D eigenvalue weighted by atomic mass is 9.81. The minimum Gasteiger partial charge on any atom is -0.483 e. The van der Waals surface area contributed by atoms with Gasteiger partial charge in [0.1, 0.15) is 11.4 Å². The fraction of sp³-hybridized carbons (Fsp3) is 0.533. The average Bonchev–Trinajstić information content (AvgIpc) is 2.78. The molecule has 0 aliphatic carbocycles. The number of urea groups is 1. The summed E-state index contributed by atoms with van der Waals surface area (Å²) in [5, 5.41) is 0. The van der Waals surface area contributed by atoms with Gasteiger partial charge in [0.15, 0.2) is 0 Å². The Labute approximate surface area is 141 Å². The van der Waals surface area contributed by atoms with E-state index in [4.69, 9.17) is 10.5 Å². The molecule has 2 heterocycles. The van der Waals surface area contributed by atoms with Crippen LogP contribution in [0.4, 0.5) is 16.2 Å². The minimum atomic E-state index is -3.38. The van der Waals surface area contributed by atoms with Crippen LogP contribution in [0.15, 0.2) is 18.2 Å². The Morgan fingerprint density at radius 2 is 2.00 bits per heavy atom. The summed E-state index contributed by atoms with van der Waals surface area (Å²) < 4.78 is 31.6. The summed E-state index contributed by atoms with van der Waals surface area (Å²) in [6, 6.07) is 4.61. The number of benzene rings is 1. The fourth-order valence-corrected chi connectivity index (χ4v) is 3.87. The number of hydrogen-bond acceptors (Lipinski definition) is 5. The highest BCUT2D eigenvalue weighted by Crippen LogP contribution is 2.49. The van der Waals surface area contributed by atoms with Crippen LogP contribution in [0.3, 0.4) is 0 Å². The van der Waals surface area contributed by atoms with Crippen LogP contribution in [0.2, 0.25) is 0 Å². The molecule has 0 aromatic heterocycles. The maximum atomic E-state index is 11.7. The van der Waals surface area contributed by atoms with Gasteiger partial charge < -0.3 is 20.3 Å². The Kier molecular flexibility index (Phi) is 3.42. The van der Waals surface area contributed by atoms with Gasteiger partial charge in [-0.15, -0.1) is 0 Å². The van der Waals surface area contributed by atoms with E-state index in [-0.39, 0.29) is 0 Å². The zero-order valence-corrected chi connectivity index (χ0v) is 15.0. The second-order valence-corrected chi connectivity index (χ2v) is 8.80. The normalized spacial score (nSPS) is 24.8. The number of nitrogens with one attached hydrogen (secondary N) is 1. The third-order valence-corrected chi connectivity index (χ3v) is 5.54. The molecule has 1 aromatic rings. The number of rotatable bonds is 2. The molecule has 3 rings (SSSR count). The Bertz CT molecular complexity index is 808. The van der Waals surface area contributed by atoms with Gasteiger partial charge in [0.2, 0.25) is 10.0 Å². The second kappa shape index (κ2) is 4.92. The van der Waals surface area contributed by atoms with E-state index in [1.165, 1.54) is 0 Å². The van der Waals surface area contributed by atoms with Crippen LogP contribution in [0, 0.1) is 0 Å². The summed E-state index contributed by atoms with van der Waals surface area (Å²) in [7, 11) is -3.38. The smallest absolute Gasteiger partial charge is 0.316 e. The molecule has 132 valence electrons. The summed E-state index contributed by atoms with van der Waals surface area (Å²) in [6.45, 7) is 6.70. The molecule has 1 aromatic carbocycles. The molecule has 2 aliphatic heterocycles. The van der Waals surface area contributed by atoms with Crippen molar-refractivity contribution in [3.8, 4) is 5.75 Å². The molecule has 3 N–H and O–H groups in total. The van der Waals surface area contributed by atoms with Gasteiger partial charge in [0, 0.05) is 0 Å². The first-order chi connectivity index (χ1) is 10.9. The number of fused-ring (bicyclic) bond motifs is 3. The molecule has 1 unspecified atom stereocenters. The van der Waals surface area contributed by atoms with Gasteiger partial charge in [-0.3, -0.25) is 4.72 Å². The van der Waals surface area contributed by atoms with Crippen LogP contribution in [0.1, 0.15) is 20.8 Å². The molecule has 8 nitrogen and oxygen atoms in total. The van der Waals surface area contributed by atoms with Gasteiger partial charge in [-0.2, -0.15) is 0 Å². The van der Waals surface area contributed by atoms with Crippen molar-refractivity contribution in [1.82, 2.24) is 4.90 Å². The lowest BCUT2D eigenvalue weighted by Gasteiger charge is -2.51. The van der Waals surface area contributed by atoms with Crippen molar-refractivity contribution in [1.29, 1.82) is 0 Å². The molecule has 2 aliphatic rings. The largest absolute Gasteiger partial charge is 0.483 e. The molecule has 9 heteroatoms. The summed E-state index contributed by atoms with van der Waals surface area (Å²) in [5.41, 5.74) is 5.59. The van der Waals surface area contributed by atoms with E-state index in [1.54, 1.807) is 23.1 Å². The van der Waals surface area contributed by atoms with Crippen molar-refractivity contribution in [2.24, 2.45) is 5.73 Å². The quantitative estimate of drug-likeness (QED) is 0.829. The van der Waals surface area contributed by atoms with E-state index >= 15 is 0 Å². The molecule has 1 atom stereocenters. The van der Waals surface area contributed by atoms with Crippen LogP contribution < -0.4 is 20.1 Å². The second-order valence-electron chi connectivity index (χ2n) is 7.05. The highest BCUT2D eigenvalue weighted by atomic mass is 32.2. The van der Waals surface area contributed by atoms with E-state index < -0.39 is 27.2 Å². The summed E-state index contributed by atoms with van der Waals surface area (Å²) in [5.74, 6) is 0.642. The van der Waals surface area contributed by atoms with Gasteiger partial charge in [0.05, 0.1) is 36.4 Å². The van der Waals surface area contributed by atoms with Crippen LogP contribution in [-0.4, -0.2) is 50.0 Å². The van der Waals surface area contributed by atoms with Gasteiger partial charge in [0.25, 0.3) is 0 Å². The SMILES string of the molecule is CC1(C)Oc2ccc(NS(C)(=O)=O)cc2N2CN(C(N)=O)CC21C. The van der Waals surface area contributed by atoms with Gasteiger partial charge in [-0.1, -0.05) is 0 Å². The molecule has 2 amide bonds. The Hall–Kier alpha value is -2.16. The molecule has 0 radical (unpaired) electrons. The monoisotopic (exact) mass is 354 g/mol. The van der Waals surface area contributed by atoms with Crippen LogP contribution in [0.5, 0.6) is 5.75 Å².